The molecule has 5 nitrogen and oxygen atoms in total. The minimum absolute atomic E-state index is 0.157. The van der Waals surface area contributed by atoms with E-state index < -0.39 is 0 Å². The fraction of sp³-hybridized carbons (Fsp3) is 0.417. The summed E-state index contributed by atoms with van der Waals surface area (Å²) in [5.41, 5.74) is 6.41. The van der Waals surface area contributed by atoms with Crippen LogP contribution in [0.1, 0.15) is 12.0 Å². The van der Waals surface area contributed by atoms with E-state index in [0.29, 0.717) is 13.0 Å². The molecule has 1 aliphatic rings. The molecule has 1 unspecified atom stereocenters. The Labute approximate surface area is 99.8 Å². The number of rotatable bonds is 4. The van der Waals surface area contributed by atoms with Crippen molar-refractivity contribution in [1.82, 2.24) is 0 Å². The zero-order valence-corrected chi connectivity index (χ0v) is 9.50. The quantitative estimate of drug-likeness (QED) is 0.356. The Bertz CT molecular complexity index is 383. The molecule has 92 valence electrons. The van der Waals surface area contributed by atoms with Crippen LogP contribution in [-0.2, 0) is 11.2 Å². The summed E-state index contributed by atoms with van der Waals surface area (Å²) in [6.45, 7) is 1.43. The molecule has 0 saturated carbocycles. The molecule has 1 aliphatic heterocycles. The van der Waals surface area contributed by atoms with Crippen LogP contribution in [0.5, 0.6) is 5.75 Å². The summed E-state index contributed by atoms with van der Waals surface area (Å²) in [6.07, 6.45) is 1.53. The van der Waals surface area contributed by atoms with E-state index in [1.54, 1.807) is 0 Å². The van der Waals surface area contributed by atoms with Crippen molar-refractivity contribution in [2.45, 2.75) is 18.9 Å². The molecule has 3 N–H and O–H groups in total. The normalized spacial score (nSPS) is 20.5. The van der Waals surface area contributed by atoms with Crippen LogP contribution in [0.2, 0.25) is 0 Å². The van der Waals surface area contributed by atoms with E-state index in [1.807, 2.05) is 24.3 Å². The summed E-state index contributed by atoms with van der Waals surface area (Å²) in [6, 6.07) is 7.59. The van der Waals surface area contributed by atoms with Gasteiger partial charge in [-0.05, 0) is 17.7 Å². The Morgan fingerprint density at radius 3 is 2.82 bits per heavy atom. The molecule has 1 atom stereocenters. The van der Waals surface area contributed by atoms with E-state index in [0.717, 1.165) is 24.3 Å². The average Bonchev–Trinajstić information content (AvgIpc) is 2.84. The Kier molecular flexibility index (Phi) is 3.82. The number of ether oxygens (including phenoxy) is 2. The Balaban J connectivity index is 1.92. The van der Waals surface area contributed by atoms with Gasteiger partial charge >= 0.3 is 0 Å². The topological polar surface area (TPSA) is 77.1 Å². The predicted molar refractivity (Wildman–Crippen MR) is 63.4 cm³/mol. The van der Waals surface area contributed by atoms with Gasteiger partial charge in [0.2, 0.25) is 0 Å². The molecule has 0 aliphatic carbocycles. The van der Waals surface area contributed by atoms with Crippen molar-refractivity contribution in [2.24, 2.45) is 10.9 Å². The van der Waals surface area contributed by atoms with Crippen molar-refractivity contribution in [1.29, 1.82) is 0 Å². The highest BCUT2D eigenvalue weighted by molar-refractivity contribution is 5.82. The van der Waals surface area contributed by atoms with Crippen LogP contribution in [0.4, 0.5) is 0 Å². The first-order chi connectivity index (χ1) is 8.28. The number of amidine groups is 1. The minimum atomic E-state index is 0.157. The van der Waals surface area contributed by atoms with Crippen molar-refractivity contribution in [2.75, 3.05) is 13.2 Å². The van der Waals surface area contributed by atoms with Gasteiger partial charge in [0, 0.05) is 12.8 Å². The van der Waals surface area contributed by atoms with Crippen LogP contribution in [-0.4, -0.2) is 30.4 Å². The van der Waals surface area contributed by atoms with Gasteiger partial charge in [0.15, 0.2) is 0 Å². The molecule has 1 aromatic rings. The number of nitrogens with zero attached hydrogens (tertiary/aromatic N) is 1. The predicted octanol–water partition coefficient (Wildman–Crippen LogP) is 1.14. The lowest BCUT2D eigenvalue weighted by Crippen LogP contribution is -2.16. The van der Waals surface area contributed by atoms with Crippen LogP contribution in [0, 0.1) is 0 Å². The standard InChI is InChI=1S/C12H16N2O3/c13-12(14-15)7-9-1-3-10(4-2-9)17-11-5-6-16-8-11/h1-4,11,15H,5-8H2,(H2,13,14). The van der Waals surface area contributed by atoms with Gasteiger partial charge in [0.25, 0.3) is 0 Å². The third kappa shape index (κ3) is 3.35. The average molecular weight is 236 g/mol. The van der Waals surface area contributed by atoms with Crippen LogP contribution >= 0.6 is 0 Å². The summed E-state index contributed by atoms with van der Waals surface area (Å²) < 4.78 is 11.0. The van der Waals surface area contributed by atoms with Gasteiger partial charge in [-0.25, -0.2) is 0 Å². The van der Waals surface area contributed by atoms with E-state index in [2.05, 4.69) is 5.16 Å². The molecule has 0 spiro atoms. The molecule has 2 rings (SSSR count). The maximum absolute atomic E-state index is 8.46. The number of benzene rings is 1. The van der Waals surface area contributed by atoms with E-state index in [4.69, 9.17) is 20.4 Å². The van der Waals surface area contributed by atoms with Crippen LogP contribution in [0.25, 0.3) is 0 Å². The van der Waals surface area contributed by atoms with E-state index in [1.165, 1.54) is 0 Å². The first-order valence-electron chi connectivity index (χ1n) is 5.57. The zero-order valence-electron chi connectivity index (χ0n) is 9.50. The molecular weight excluding hydrogens is 220 g/mol. The van der Waals surface area contributed by atoms with Crippen molar-refractivity contribution in [3.8, 4) is 5.75 Å². The number of oxime groups is 1. The number of nitrogens with two attached hydrogens (primary N) is 1. The minimum Gasteiger partial charge on any atom is -0.488 e. The van der Waals surface area contributed by atoms with Crippen LogP contribution < -0.4 is 10.5 Å². The monoisotopic (exact) mass is 236 g/mol. The third-order valence-electron chi connectivity index (χ3n) is 2.63. The molecule has 0 radical (unpaired) electrons. The maximum atomic E-state index is 8.46. The highest BCUT2D eigenvalue weighted by Gasteiger charge is 2.16. The Morgan fingerprint density at radius 2 is 2.24 bits per heavy atom. The fourth-order valence-electron chi connectivity index (χ4n) is 1.73. The Morgan fingerprint density at radius 1 is 1.47 bits per heavy atom. The molecule has 17 heavy (non-hydrogen) atoms. The van der Waals surface area contributed by atoms with Gasteiger partial charge < -0.3 is 20.4 Å². The summed E-state index contributed by atoms with van der Waals surface area (Å²) in [4.78, 5) is 0. The lowest BCUT2D eigenvalue weighted by molar-refractivity contribution is 0.141. The smallest absolute Gasteiger partial charge is 0.143 e. The molecule has 0 bridgehead atoms. The summed E-state index contributed by atoms with van der Waals surface area (Å²) in [5, 5.41) is 11.4. The van der Waals surface area contributed by atoms with Gasteiger partial charge in [-0.2, -0.15) is 0 Å². The summed E-state index contributed by atoms with van der Waals surface area (Å²) in [5.74, 6) is 1.02. The Hall–Kier alpha value is -1.75. The molecule has 1 saturated heterocycles. The van der Waals surface area contributed by atoms with E-state index >= 15 is 0 Å². The second kappa shape index (κ2) is 5.54. The maximum Gasteiger partial charge on any atom is 0.143 e. The lowest BCUT2D eigenvalue weighted by Gasteiger charge is -2.11. The molecular formula is C12H16N2O3. The zero-order chi connectivity index (χ0) is 12.1. The summed E-state index contributed by atoms with van der Waals surface area (Å²) >= 11 is 0. The van der Waals surface area contributed by atoms with Crippen molar-refractivity contribution >= 4 is 5.84 Å². The molecule has 5 heteroatoms. The highest BCUT2D eigenvalue weighted by Crippen LogP contribution is 2.17. The fourth-order valence-corrected chi connectivity index (χ4v) is 1.73. The van der Waals surface area contributed by atoms with E-state index in [-0.39, 0.29) is 11.9 Å². The van der Waals surface area contributed by atoms with Gasteiger partial charge in [-0.1, -0.05) is 17.3 Å². The largest absolute Gasteiger partial charge is 0.488 e. The second-order valence-electron chi connectivity index (χ2n) is 4.02. The third-order valence-corrected chi connectivity index (χ3v) is 2.63. The van der Waals surface area contributed by atoms with Crippen molar-refractivity contribution in [3.63, 3.8) is 0 Å². The van der Waals surface area contributed by atoms with Gasteiger partial charge in [-0.3, -0.25) is 0 Å². The van der Waals surface area contributed by atoms with Crippen LogP contribution in [0.15, 0.2) is 29.4 Å². The van der Waals surface area contributed by atoms with Gasteiger partial charge in [-0.15, -0.1) is 0 Å². The highest BCUT2D eigenvalue weighted by atomic mass is 16.5. The number of hydrogen-bond acceptors (Lipinski definition) is 4. The van der Waals surface area contributed by atoms with Crippen LogP contribution in [0.3, 0.4) is 0 Å². The second-order valence-corrected chi connectivity index (χ2v) is 4.02. The van der Waals surface area contributed by atoms with E-state index in [9.17, 15) is 0 Å². The summed E-state index contributed by atoms with van der Waals surface area (Å²) in [7, 11) is 0. The number of hydrogen-bond donors (Lipinski definition) is 2. The molecule has 0 aromatic heterocycles. The van der Waals surface area contributed by atoms with Crippen molar-refractivity contribution in [3.05, 3.63) is 29.8 Å². The molecule has 0 amide bonds. The SMILES string of the molecule is NC(Cc1ccc(OC2CCOC2)cc1)=NO. The van der Waals surface area contributed by atoms with Gasteiger partial charge in [0.05, 0.1) is 13.2 Å². The molecule has 1 fully saturated rings. The lowest BCUT2D eigenvalue weighted by atomic mass is 10.1. The first-order valence-corrected chi connectivity index (χ1v) is 5.57. The molecule has 1 heterocycles. The van der Waals surface area contributed by atoms with Gasteiger partial charge in [0.1, 0.15) is 17.7 Å². The molecule has 1 aromatic carbocycles. The van der Waals surface area contributed by atoms with Crippen molar-refractivity contribution < 1.29 is 14.7 Å². The first kappa shape index (κ1) is 11.7.